The van der Waals surface area contributed by atoms with Gasteiger partial charge in [-0.15, -0.1) is 0 Å². The summed E-state index contributed by atoms with van der Waals surface area (Å²) in [5, 5.41) is 0. The van der Waals surface area contributed by atoms with Crippen LogP contribution in [-0.4, -0.2) is 31.4 Å². The molecule has 1 rings (SSSR count). The van der Waals surface area contributed by atoms with E-state index in [0.717, 1.165) is 6.61 Å². The standard InChI is InChI=1S/C3H8O3S.C3H6O2/c1-2-3-7(4,5)6;1-3-2-4-5-3/h2-3H2,1H3,(H,4,5,6);3H,2H2,1H3. The summed E-state index contributed by atoms with van der Waals surface area (Å²) in [5.41, 5.74) is 0. The molecule has 6 heteroatoms. The van der Waals surface area contributed by atoms with Gasteiger partial charge < -0.3 is 0 Å². The van der Waals surface area contributed by atoms with Crippen LogP contribution in [0.3, 0.4) is 0 Å². The first kappa shape index (κ1) is 11.8. The third-order valence-electron chi connectivity index (χ3n) is 0.997. The van der Waals surface area contributed by atoms with E-state index in [9.17, 15) is 8.42 Å². The first-order valence-electron chi connectivity index (χ1n) is 3.69. The number of hydrogen-bond donors (Lipinski definition) is 1. The second-order valence-electron chi connectivity index (χ2n) is 2.48. The monoisotopic (exact) mass is 198 g/mol. The fourth-order valence-corrected chi connectivity index (χ4v) is 0.978. The van der Waals surface area contributed by atoms with Gasteiger partial charge in [0.05, 0.1) is 5.75 Å². The molecular formula is C6H14O5S. The summed E-state index contributed by atoms with van der Waals surface area (Å²) in [6.07, 6.45) is 0.814. The minimum atomic E-state index is -3.67. The zero-order valence-electron chi connectivity index (χ0n) is 7.19. The second-order valence-corrected chi connectivity index (χ2v) is 4.05. The molecule has 0 radical (unpaired) electrons. The predicted octanol–water partition coefficient (Wildman–Crippen LogP) is 0.621. The Balaban J connectivity index is 0.000000211. The highest BCUT2D eigenvalue weighted by molar-refractivity contribution is 7.85. The molecule has 1 aliphatic heterocycles. The molecule has 1 unspecified atom stereocenters. The third kappa shape index (κ3) is 7.93. The molecule has 12 heavy (non-hydrogen) atoms. The molecule has 0 aromatic rings. The van der Waals surface area contributed by atoms with Crippen molar-refractivity contribution >= 4 is 10.1 Å². The lowest BCUT2D eigenvalue weighted by molar-refractivity contribution is -0.419. The van der Waals surface area contributed by atoms with Crippen LogP contribution in [0.1, 0.15) is 20.3 Å². The summed E-state index contributed by atoms with van der Waals surface area (Å²) < 4.78 is 27.6. The van der Waals surface area contributed by atoms with E-state index in [1.807, 2.05) is 6.92 Å². The molecule has 0 spiro atoms. The van der Waals surface area contributed by atoms with Gasteiger partial charge in [0.1, 0.15) is 12.7 Å². The van der Waals surface area contributed by atoms with Crippen molar-refractivity contribution in [2.75, 3.05) is 12.4 Å². The normalized spacial score (nSPS) is 22.1. The van der Waals surface area contributed by atoms with Gasteiger partial charge in [-0.2, -0.15) is 8.42 Å². The number of rotatable bonds is 2. The molecular weight excluding hydrogens is 184 g/mol. The van der Waals surface area contributed by atoms with Crippen molar-refractivity contribution in [3.63, 3.8) is 0 Å². The summed E-state index contributed by atoms with van der Waals surface area (Å²) in [4.78, 5) is 8.77. The molecule has 1 fully saturated rings. The Hall–Kier alpha value is -0.170. The van der Waals surface area contributed by atoms with E-state index in [0.29, 0.717) is 12.5 Å². The Morgan fingerprint density at radius 3 is 2.00 bits per heavy atom. The predicted molar refractivity (Wildman–Crippen MR) is 43.2 cm³/mol. The van der Waals surface area contributed by atoms with E-state index in [-0.39, 0.29) is 5.75 Å². The Labute approximate surface area is 72.3 Å². The van der Waals surface area contributed by atoms with Crippen molar-refractivity contribution in [2.24, 2.45) is 0 Å². The van der Waals surface area contributed by atoms with E-state index >= 15 is 0 Å². The second kappa shape index (κ2) is 5.47. The maximum absolute atomic E-state index is 9.79. The number of hydrogen-bond acceptors (Lipinski definition) is 4. The zero-order valence-corrected chi connectivity index (χ0v) is 8.00. The first-order valence-corrected chi connectivity index (χ1v) is 5.30. The first-order chi connectivity index (χ1) is 5.45. The van der Waals surface area contributed by atoms with Crippen LogP contribution in [0.15, 0.2) is 0 Å². The topological polar surface area (TPSA) is 72.8 Å². The summed E-state index contributed by atoms with van der Waals surface area (Å²) in [6.45, 7) is 4.41. The Bertz CT molecular complexity index is 194. The average Bonchev–Trinajstić information content (AvgIpc) is 1.82. The van der Waals surface area contributed by atoms with Gasteiger partial charge in [0.15, 0.2) is 0 Å². The largest absolute Gasteiger partial charge is 0.286 e. The van der Waals surface area contributed by atoms with Gasteiger partial charge >= 0.3 is 0 Å². The van der Waals surface area contributed by atoms with Gasteiger partial charge in [-0.05, 0) is 13.3 Å². The molecule has 0 saturated carbocycles. The maximum atomic E-state index is 9.79. The molecule has 5 nitrogen and oxygen atoms in total. The Morgan fingerprint density at radius 1 is 1.58 bits per heavy atom. The van der Waals surface area contributed by atoms with E-state index in [4.69, 9.17) is 4.55 Å². The van der Waals surface area contributed by atoms with Crippen LogP contribution in [0.5, 0.6) is 0 Å². The highest BCUT2D eigenvalue weighted by Gasteiger charge is 2.11. The van der Waals surface area contributed by atoms with Gasteiger partial charge in [-0.3, -0.25) is 4.55 Å². The van der Waals surface area contributed by atoms with Crippen LogP contribution >= 0.6 is 0 Å². The van der Waals surface area contributed by atoms with E-state index in [1.165, 1.54) is 0 Å². The van der Waals surface area contributed by atoms with E-state index < -0.39 is 10.1 Å². The molecule has 1 saturated heterocycles. The quantitative estimate of drug-likeness (QED) is 0.520. The van der Waals surface area contributed by atoms with Gasteiger partial charge in [0, 0.05) is 0 Å². The molecule has 0 aromatic heterocycles. The van der Waals surface area contributed by atoms with Crippen LogP contribution in [0, 0.1) is 0 Å². The average molecular weight is 198 g/mol. The summed E-state index contributed by atoms with van der Waals surface area (Å²) in [5.74, 6) is -0.132. The van der Waals surface area contributed by atoms with E-state index in [1.54, 1.807) is 6.92 Å². The molecule has 0 bridgehead atoms. The highest BCUT2D eigenvalue weighted by atomic mass is 32.2. The summed E-state index contributed by atoms with van der Waals surface area (Å²) in [6, 6.07) is 0. The third-order valence-corrected chi connectivity index (χ3v) is 1.92. The van der Waals surface area contributed by atoms with Crippen LogP contribution in [0.25, 0.3) is 0 Å². The molecule has 1 heterocycles. The lowest BCUT2D eigenvalue weighted by Gasteiger charge is -2.18. The SMILES string of the molecule is CC1COO1.CCCS(=O)(=O)O. The van der Waals surface area contributed by atoms with E-state index in [2.05, 4.69) is 9.78 Å². The molecule has 1 atom stereocenters. The smallest absolute Gasteiger partial charge is 0.264 e. The molecule has 0 aliphatic carbocycles. The lowest BCUT2D eigenvalue weighted by Crippen LogP contribution is -2.26. The minimum absolute atomic E-state index is 0.132. The maximum Gasteiger partial charge on any atom is 0.264 e. The van der Waals surface area contributed by atoms with Gasteiger partial charge in [-0.1, -0.05) is 6.92 Å². The Morgan fingerprint density at radius 2 is 2.00 bits per heavy atom. The van der Waals surface area contributed by atoms with Crippen LogP contribution in [0.2, 0.25) is 0 Å². The summed E-state index contributed by atoms with van der Waals surface area (Å²) >= 11 is 0. The minimum Gasteiger partial charge on any atom is -0.286 e. The van der Waals surface area contributed by atoms with Crippen molar-refractivity contribution in [2.45, 2.75) is 26.4 Å². The van der Waals surface area contributed by atoms with Gasteiger partial charge in [0.25, 0.3) is 10.1 Å². The van der Waals surface area contributed by atoms with Crippen molar-refractivity contribution in [3.8, 4) is 0 Å². The fraction of sp³-hybridized carbons (Fsp3) is 1.00. The van der Waals surface area contributed by atoms with Gasteiger partial charge in [-0.25, -0.2) is 9.78 Å². The van der Waals surface area contributed by atoms with Crippen molar-refractivity contribution in [1.29, 1.82) is 0 Å². The van der Waals surface area contributed by atoms with Crippen molar-refractivity contribution in [1.82, 2.24) is 0 Å². The van der Waals surface area contributed by atoms with Crippen LogP contribution < -0.4 is 0 Å². The van der Waals surface area contributed by atoms with Crippen LogP contribution in [-0.2, 0) is 19.9 Å². The molecule has 74 valence electrons. The Kier molecular flexibility index (Phi) is 5.39. The van der Waals surface area contributed by atoms with Gasteiger partial charge in [0.2, 0.25) is 0 Å². The van der Waals surface area contributed by atoms with Crippen molar-refractivity contribution < 1.29 is 22.7 Å². The summed E-state index contributed by atoms with van der Waals surface area (Å²) in [7, 11) is -3.67. The van der Waals surface area contributed by atoms with Crippen molar-refractivity contribution in [3.05, 3.63) is 0 Å². The molecule has 1 aliphatic rings. The molecule has 0 amide bonds. The lowest BCUT2D eigenvalue weighted by atomic mass is 10.4. The fourth-order valence-electron chi connectivity index (χ4n) is 0.462. The highest BCUT2D eigenvalue weighted by Crippen LogP contribution is 2.02. The molecule has 0 aromatic carbocycles. The van der Waals surface area contributed by atoms with Crippen LogP contribution in [0.4, 0.5) is 0 Å². The molecule has 1 N–H and O–H groups in total. The zero-order chi connectivity index (χ0) is 9.61.